The van der Waals surface area contributed by atoms with Crippen LogP contribution in [0.5, 0.6) is 0 Å². The Morgan fingerprint density at radius 1 is 1.29 bits per heavy atom. The van der Waals surface area contributed by atoms with Crippen LogP contribution in [0.15, 0.2) is 0 Å². The van der Waals surface area contributed by atoms with E-state index in [0.717, 1.165) is 19.0 Å². The van der Waals surface area contributed by atoms with E-state index in [4.69, 9.17) is 0 Å². The summed E-state index contributed by atoms with van der Waals surface area (Å²) in [7, 11) is 0. The van der Waals surface area contributed by atoms with E-state index in [-0.39, 0.29) is 12.1 Å². The molecule has 0 saturated carbocycles. The summed E-state index contributed by atoms with van der Waals surface area (Å²) in [5.74, 6) is 0. The van der Waals surface area contributed by atoms with Gasteiger partial charge in [-0.1, -0.05) is 13.3 Å². The quantitative estimate of drug-likeness (QED) is 0.750. The predicted molar refractivity (Wildman–Crippen MR) is 88.6 cm³/mol. The second-order valence-electron chi connectivity index (χ2n) is 7.34. The van der Waals surface area contributed by atoms with Gasteiger partial charge in [-0.2, -0.15) is 0 Å². The molecular formula is C17H35N3O. The molecule has 0 radical (unpaired) electrons. The Balaban J connectivity index is 1.77. The van der Waals surface area contributed by atoms with Crippen LogP contribution < -0.4 is 5.32 Å². The van der Waals surface area contributed by atoms with Crippen LogP contribution in [0.2, 0.25) is 0 Å². The summed E-state index contributed by atoms with van der Waals surface area (Å²) < 4.78 is 0. The van der Waals surface area contributed by atoms with E-state index in [1.165, 1.54) is 51.9 Å². The van der Waals surface area contributed by atoms with Crippen LogP contribution in [-0.4, -0.2) is 71.9 Å². The summed E-state index contributed by atoms with van der Waals surface area (Å²) in [5, 5.41) is 13.0. The smallest absolute Gasteiger partial charge is 0.0610 e. The first-order valence-electron chi connectivity index (χ1n) is 8.92. The summed E-state index contributed by atoms with van der Waals surface area (Å²) in [5.41, 5.74) is -0.106. The lowest BCUT2D eigenvalue weighted by atomic mass is 9.94. The van der Waals surface area contributed by atoms with Gasteiger partial charge in [-0.3, -0.25) is 9.80 Å². The summed E-state index contributed by atoms with van der Waals surface area (Å²) in [6.45, 7) is 12.8. The first-order valence-corrected chi connectivity index (χ1v) is 8.92. The van der Waals surface area contributed by atoms with E-state index in [0.29, 0.717) is 6.04 Å². The lowest BCUT2D eigenvalue weighted by molar-refractivity contribution is 0.0132. The first-order chi connectivity index (χ1) is 10.1. The van der Waals surface area contributed by atoms with Gasteiger partial charge in [-0.15, -0.1) is 0 Å². The van der Waals surface area contributed by atoms with Crippen LogP contribution >= 0.6 is 0 Å². The molecule has 0 aromatic rings. The Kier molecular flexibility index (Phi) is 6.48. The zero-order valence-electron chi connectivity index (χ0n) is 14.3. The number of nitrogens with zero attached hydrogens (tertiary/aromatic N) is 2. The molecule has 0 aliphatic carbocycles. The number of likely N-dealkylation sites (N-methyl/N-ethyl adjacent to an activating group) is 1. The van der Waals surface area contributed by atoms with Crippen molar-refractivity contribution >= 4 is 0 Å². The van der Waals surface area contributed by atoms with Crippen LogP contribution in [0.1, 0.15) is 52.9 Å². The Labute approximate surface area is 130 Å². The Morgan fingerprint density at radius 3 is 2.81 bits per heavy atom. The molecule has 2 saturated heterocycles. The van der Waals surface area contributed by atoms with Crippen LogP contribution in [-0.2, 0) is 0 Å². The zero-order chi connectivity index (χ0) is 15.3. The summed E-state index contributed by atoms with van der Waals surface area (Å²) in [6, 6.07) is 1.48. The van der Waals surface area contributed by atoms with Gasteiger partial charge >= 0.3 is 0 Å². The second-order valence-corrected chi connectivity index (χ2v) is 7.34. The fourth-order valence-electron chi connectivity index (χ4n) is 4.05. The van der Waals surface area contributed by atoms with Crippen molar-refractivity contribution in [3.05, 3.63) is 0 Å². The molecule has 3 unspecified atom stereocenters. The van der Waals surface area contributed by atoms with Crippen molar-refractivity contribution in [3.8, 4) is 0 Å². The minimum absolute atomic E-state index is 0.106. The number of aliphatic hydroxyl groups excluding tert-OH is 1. The fraction of sp³-hybridized carbons (Fsp3) is 1.00. The van der Waals surface area contributed by atoms with Crippen LogP contribution in [0, 0.1) is 0 Å². The Bertz CT molecular complexity index is 312. The number of aliphatic hydroxyl groups is 1. The van der Waals surface area contributed by atoms with E-state index in [9.17, 15) is 5.11 Å². The van der Waals surface area contributed by atoms with E-state index in [2.05, 4.69) is 35.9 Å². The molecule has 4 heteroatoms. The van der Waals surface area contributed by atoms with Gasteiger partial charge in [0.15, 0.2) is 0 Å². The van der Waals surface area contributed by atoms with E-state index in [1.54, 1.807) is 0 Å². The molecule has 124 valence electrons. The second kappa shape index (κ2) is 7.91. The molecule has 2 fully saturated rings. The lowest BCUT2D eigenvalue weighted by Gasteiger charge is -2.47. The van der Waals surface area contributed by atoms with Crippen LogP contribution in [0.3, 0.4) is 0 Å². The van der Waals surface area contributed by atoms with Gasteiger partial charge in [0.05, 0.1) is 6.61 Å². The number of piperazine rings is 1. The topological polar surface area (TPSA) is 38.7 Å². The average molecular weight is 297 g/mol. The molecule has 4 nitrogen and oxygen atoms in total. The number of hydrogen-bond donors (Lipinski definition) is 2. The van der Waals surface area contributed by atoms with E-state index >= 15 is 0 Å². The van der Waals surface area contributed by atoms with Crippen molar-refractivity contribution < 1.29 is 5.11 Å². The van der Waals surface area contributed by atoms with Crippen molar-refractivity contribution in [2.75, 3.05) is 39.3 Å². The third kappa shape index (κ3) is 4.65. The molecule has 0 amide bonds. The SMILES string of the molecule is CCNC(C)(CO)CCCN1CC2CCCCN2CC1C. The van der Waals surface area contributed by atoms with Crippen LogP contribution in [0.25, 0.3) is 0 Å². The highest BCUT2D eigenvalue weighted by Crippen LogP contribution is 2.24. The first kappa shape index (κ1) is 17.2. The maximum absolute atomic E-state index is 9.58. The Morgan fingerprint density at radius 2 is 2.10 bits per heavy atom. The molecule has 3 atom stereocenters. The van der Waals surface area contributed by atoms with Gasteiger partial charge in [0, 0.05) is 30.7 Å². The predicted octanol–water partition coefficient (Wildman–Crippen LogP) is 1.69. The Hall–Kier alpha value is -0.160. The molecular weight excluding hydrogens is 262 g/mol. The summed E-state index contributed by atoms with van der Waals surface area (Å²) in [6.07, 6.45) is 6.40. The highest BCUT2D eigenvalue weighted by molar-refractivity contribution is 4.89. The largest absolute Gasteiger partial charge is 0.394 e. The molecule has 21 heavy (non-hydrogen) atoms. The third-order valence-corrected chi connectivity index (χ3v) is 5.44. The molecule has 2 aliphatic rings. The molecule has 0 aromatic heterocycles. The normalized spacial score (nSPS) is 30.9. The molecule has 0 aromatic carbocycles. The number of nitrogens with one attached hydrogen (secondary N) is 1. The molecule has 2 rings (SSSR count). The van der Waals surface area contributed by atoms with Gasteiger partial charge in [0.1, 0.15) is 0 Å². The van der Waals surface area contributed by atoms with Gasteiger partial charge in [0.2, 0.25) is 0 Å². The number of rotatable bonds is 7. The zero-order valence-corrected chi connectivity index (χ0v) is 14.3. The minimum Gasteiger partial charge on any atom is -0.394 e. The monoisotopic (exact) mass is 297 g/mol. The van der Waals surface area contributed by atoms with Gasteiger partial charge < -0.3 is 10.4 Å². The van der Waals surface area contributed by atoms with Crippen molar-refractivity contribution in [2.45, 2.75) is 70.5 Å². The number of hydrogen-bond acceptors (Lipinski definition) is 4. The van der Waals surface area contributed by atoms with E-state index < -0.39 is 0 Å². The van der Waals surface area contributed by atoms with Crippen molar-refractivity contribution in [1.29, 1.82) is 0 Å². The lowest BCUT2D eigenvalue weighted by Crippen LogP contribution is -2.58. The van der Waals surface area contributed by atoms with Gasteiger partial charge in [-0.25, -0.2) is 0 Å². The minimum atomic E-state index is -0.106. The van der Waals surface area contributed by atoms with Gasteiger partial charge in [-0.05, 0) is 59.2 Å². The molecule has 2 heterocycles. The van der Waals surface area contributed by atoms with Gasteiger partial charge in [0.25, 0.3) is 0 Å². The number of piperidine rings is 1. The maximum atomic E-state index is 9.58. The number of fused-ring (bicyclic) bond motifs is 1. The standard InChI is InChI=1S/C17H35N3O/c1-4-18-17(3,14-21)9-7-11-19-13-16-8-5-6-10-20(16)12-15(19)2/h15-16,18,21H,4-14H2,1-3H3. The van der Waals surface area contributed by atoms with Crippen LogP contribution in [0.4, 0.5) is 0 Å². The summed E-state index contributed by atoms with van der Waals surface area (Å²) in [4.78, 5) is 5.39. The molecule has 2 aliphatic heterocycles. The fourth-order valence-corrected chi connectivity index (χ4v) is 4.05. The molecule has 0 bridgehead atoms. The highest BCUT2D eigenvalue weighted by Gasteiger charge is 2.32. The molecule has 2 N–H and O–H groups in total. The van der Waals surface area contributed by atoms with Crippen molar-refractivity contribution in [1.82, 2.24) is 15.1 Å². The highest BCUT2D eigenvalue weighted by atomic mass is 16.3. The van der Waals surface area contributed by atoms with E-state index in [1.807, 2.05) is 0 Å². The third-order valence-electron chi connectivity index (χ3n) is 5.44. The summed E-state index contributed by atoms with van der Waals surface area (Å²) >= 11 is 0. The van der Waals surface area contributed by atoms with Crippen molar-refractivity contribution in [2.24, 2.45) is 0 Å². The van der Waals surface area contributed by atoms with Crippen molar-refractivity contribution in [3.63, 3.8) is 0 Å². The average Bonchev–Trinajstić information content (AvgIpc) is 2.48. The molecule has 0 spiro atoms. The maximum Gasteiger partial charge on any atom is 0.0610 e.